The molecule has 0 atom stereocenters. The highest BCUT2D eigenvalue weighted by molar-refractivity contribution is 7.92. The first-order valence-electron chi connectivity index (χ1n) is 6.40. The lowest BCUT2D eigenvalue weighted by atomic mass is 10.1. The van der Waals surface area contributed by atoms with E-state index in [0.29, 0.717) is 11.3 Å². The molecule has 7 heteroatoms. The summed E-state index contributed by atoms with van der Waals surface area (Å²) in [7, 11) is -3.51. The van der Waals surface area contributed by atoms with E-state index in [1.807, 2.05) is 0 Å². The second-order valence-electron chi connectivity index (χ2n) is 4.84. The van der Waals surface area contributed by atoms with E-state index in [1.54, 1.807) is 31.2 Å². The van der Waals surface area contributed by atoms with Crippen LogP contribution < -0.4 is 10.0 Å². The van der Waals surface area contributed by atoms with Gasteiger partial charge in [-0.3, -0.25) is 9.52 Å². The lowest BCUT2D eigenvalue weighted by Gasteiger charge is -2.11. The van der Waals surface area contributed by atoms with Gasteiger partial charge in [0.25, 0.3) is 5.91 Å². The molecule has 22 heavy (non-hydrogen) atoms. The van der Waals surface area contributed by atoms with Crippen LogP contribution in [0.3, 0.4) is 0 Å². The van der Waals surface area contributed by atoms with Gasteiger partial charge in [-0.05, 0) is 36.8 Å². The van der Waals surface area contributed by atoms with Crippen molar-refractivity contribution in [3.63, 3.8) is 0 Å². The van der Waals surface area contributed by atoms with Crippen LogP contribution in [0.2, 0.25) is 0 Å². The molecule has 0 aromatic heterocycles. The maximum Gasteiger partial charge on any atom is 0.257 e. The van der Waals surface area contributed by atoms with Crippen molar-refractivity contribution < 1.29 is 17.6 Å². The first-order chi connectivity index (χ1) is 10.3. The zero-order valence-electron chi connectivity index (χ0n) is 12.1. The van der Waals surface area contributed by atoms with Crippen LogP contribution in [0.5, 0.6) is 0 Å². The number of hydrogen-bond donors (Lipinski definition) is 2. The molecule has 0 radical (unpaired) electrons. The Hall–Kier alpha value is -2.41. The van der Waals surface area contributed by atoms with Crippen molar-refractivity contribution in [2.45, 2.75) is 6.92 Å². The van der Waals surface area contributed by atoms with E-state index in [4.69, 9.17) is 0 Å². The molecule has 0 fully saturated rings. The summed E-state index contributed by atoms with van der Waals surface area (Å²) in [5.74, 6) is -0.963. The van der Waals surface area contributed by atoms with Gasteiger partial charge in [-0.25, -0.2) is 12.8 Å². The number of para-hydroxylation sites is 1. The smallest absolute Gasteiger partial charge is 0.257 e. The molecule has 0 saturated carbocycles. The zero-order chi connectivity index (χ0) is 16.3. The van der Waals surface area contributed by atoms with Crippen LogP contribution in [-0.2, 0) is 10.0 Å². The third kappa shape index (κ3) is 4.05. The van der Waals surface area contributed by atoms with E-state index in [9.17, 15) is 17.6 Å². The maximum absolute atomic E-state index is 13.5. The highest BCUT2D eigenvalue weighted by Crippen LogP contribution is 2.19. The van der Waals surface area contributed by atoms with Crippen molar-refractivity contribution in [2.24, 2.45) is 0 Å². The number of anilines is 2. The molecule has 0 spiro atoms. The van der Waals surface area contributed by atoms with Crippen LogP contribution in [0, 0.1) is 12.7 Å². The number of amides is 1. The van der Waals surface area contributed by atoms with E-state index in [-0.39, 0.29) is 11.3 Å². The van der Waals surface area contributed by atoms with E-state index in [2.05, 4.69) is 10.0 Å². The average Bonchev–Trinajstić information content (AvgIpc) is 2.41. The normalized spacial score (nSPS) is 11.0. The number of rotatable bonds is 4. The van der Waals surface area contributed by atoms with E-state index in [1.165, 1.54) is 18.2 Å². The van der Waals surface area contributed by atoms with Crippen LogP contribution in [-0.4, -0.2) is 20.6 Å². The van der Waals surface area contributed by atoms with Crippen LogP contribution in [0.1, 0.15) is 15.9 Å². The minimum absolute atomic E-state index is 0.147. The quantitative estimate of drug-likeness (QED) is 0.909. The summed E-state index contributed by atoms with van der Waals surface area (Å²) in [6.07, 6.45) is 0.997. The Morgan fingerprint density at radius 1 is 1.14 bits per heavy atom. The van der Waals surface area contributed by atoms with E-state index < -0.39 is 21.7 Å². The van der Waals surface area contributed by atoms with Gasteiger partial charge >= 0.3 is 0 Å². The monoisotopic (exact) mass is 322 g/mol. The van der Waals surface area contributed by atoms with Crippen LogP contribution in [0.25, 0.3) is 0 Å². The molecule has 2 N–H and O–H groups in total. The minimum atomic E-state index is -3.51. The van der Waals surface area contributed by atoms with Gasteiger partial charge < -0.3 is 5.32 Å². The van der Waals surface area contributed by atoms with Gasteiger partial charge in [-0.1, -0.05) is 18.2 Å². The lowest BCUT2D eigenvalue weighted by molar-refractivity contribution is 0.102. The zero-order valence-corrected chi connectivity index (χ0v) is 12.9. The average molecular weight is 322 g/mol. The molecule has 0 aliphatic heterocycles. The third-order valence-corrected chi connectivity index (χ3v) is 3.49. The molecule has 2 rings (SSSR count). The Morgan fingerprint density at radius 2 is 1.82 bits per heavy atom. The molecule has 1 amide bonds. The molecule has 2 aromatic rings. The first kappa shape index (κ1) is 16.0. The molecule has 0 saturated heterocycles. The van der Waals surface area contributed by atoms with Gasteiger partial charge in [0, 0.05) is 5.69 Å². The second kappa shape index (κ2) is 6.15. The predicted octanol–water partition coefficient (Wildman–Crippen LogP) is 2.76. The van der Waals surface area contributed by atoms with Gasteiger partial charge in [-0.2, -0.15) is 0 Å². The van der Waals surface area contributed by atoms with Crippen molar-refractivity contribution in [1.29, 1.82) is 0 Å². The fraction of sp³-hybridized carbons (Fsp3) is 0.133. The molecule has 116 valence electrons. The number of carbonyl (C=O) groups excluding carboxylic acids is 1. The van der Waals surface area contributed by atoms with Gasteiger partial charge in [0.05, 0.1) is 17.5 Å². The molecule has 2 aromatic carbocycles. The summed E-state index contributed by atoms with van der Waals surface area (Å²) < 4.78 is 38.4. The third-order valence-electron chi connectivity index (χ3n) is 2.90. The van der Waals surface area contributed by atoms with E-state index >= 15 is 0 Å². The molecule has 0 aliphatic rings. The SMILES string of the molecule is Cc1ccc(NC(=O)c2ccccc2NS(C)(=O)=O)cc1F. The fourth-order valence-corrected chi connectivity index (χ4v) is 2.42. The molecule has 0 bridgehead atoms. The highest BCUT2D eigenvalue weighted by Gasteiger charge is 2.14. The van der Waals surface area contributed by atoms with Gasteiger partial charge in [-0.15, -0.1) is 0 Å². The van der Waals surface area contributed by atoms with Crippen molar-refractivity contribution in [2.75, 3.05) is 16.3 Å². The van der Waals surface area contributed by atoms with E-state index in [0.717, 1.165) is 6.26 Å². The number of sulfonamides is 1. The van der Waals surface area contributed by atoms with Crippen molar-refractivity contribution in [3.8, 4) is 0 Å². The molecule has 5 nitrogen and oxygen atoms in total. The maximum atomic E-state index is 13.5. The Bertz CT molecular complexity index is 819. The Morgan fingerprint density at radius 3 is 2.45 bits per heavy atom. The molecular formula is C15H15FN2O3S. The number of halogens is 1. The summed E-state index contributed by atoms with van der Waals surface area (Å²) in [5.41, 5.74) is 1.07. The summed E-state index contributed by atoms with van der Waals surface area (Å²) in [6.45, 7) is 1.62. The largest absolute Gasteiger partial charge is 0.322 e. The van der Waals surface area contributed by atoms with Crippen LogP contribution in [0.4, 0.5) is 15.8 Å². The molecule has 0 aliphatic carbocycles. The molecule has 0 heterocycles. The number of benzene rings is 2. The number of nitrogens with one attached hydrogen (secondary N) is 2. The lowest BCUT2D eigenvalue weighted by Crippen LogP contribution is -2.17. The summed E-state index contributed by atoms with van der Waals surface area (Å²) in [6, 6.07) is 10.5. The minimum Gasteiger partial charge on any atom is -0.322 e. The summed E-state index contributed by atoms with van der Waals surface area (Å²) in [5, 5.41) is 2.54. The molecular weight excluding hydrogens is 307 g/mol. The fourth-order valence-electron chi connectivity index (χ4n) is 1.84. The van der Waals surface area contributed by atoms with Crippen molar-refractivity contribution >= 4 is 27.3 Å². The van der Waals surface area contributed by atoms with Crippen LogP contribution >= 0.6 is 0 Å². The van der Waals surface area contributed by atoms with Gasteiger partial charge in [0.1, 0.15) is 5.82 Å². The van der Waals surface area contributed by atoms with Crippen LogP contribution in [0.15, 0.2) is 42.5 Å². The first-order valence-corrected chi connectivity index (χ1v) is 8.30. The van der Waals surface area contributed by atoms with Crippen molar-refractivity contribution in [1.82, 2.24) is 0 Å². The second-order valence-corrected chi connectivity index (χ2v) is 6.59. The Kier molecular flexibility index (Phi) is 4.46. The summed E-state index contributed by atoms with van der Waals surface area (Å²) in [4.78, 5) is 12.2. The summed E-state index contributed by atoms with van der Waals surface area (Å²) >= 11 is 0. The van der Waals surface area contributed by atoms with Crippen molar-refractivity contribution in [3.05, 3.63) is 59.4 Å². The Balaban J connectivity index is 2.28. The highest BCUT2D eigenvalue weighted by atomic mass is 32.2. The number of aryl methyl sites for hydroxylation is 1. The number of hydrogen-bond acceptors (Lipinski definition) is 3. The standard InChI is InChI=1S/C15H15FN2O3S/c1-10-7-8-11(9-13(10)16)17-15(19)12-5-3-4-6-14(12)18-22(2,20)21/h3-9,18H,1-2H3,(H,17,19). The Labute approximate surface area is 128 Å². The predicted molar refractivity (Wildman–Crippen MR) is 84.0 cm³/mol. The number of carbonyl (C=O) groups is 1. The van der Waals surface area contributed by atoms with Gasteiger partial charge in [0.2, 0.25) is 10.0 Å². The van der Waals surface area contributed by atoms with Gasteiger partial charge in [0.15, 0.2) is 0 Å². The topological polar surface area (TPSA) is 75.3 Å². The molecule has 0 unspecified atom stereocenters.